The number of hydrogen-bond donors (Lipinski definition) is 1. The molecule has 106 valence electrons. The summed E-state index contributed by atoms with van der Waals surface area (Å²) in [6.45, 7) is 8.08. The van der Waals surface area contributed by atoms with Gasteiger partial charge in [0.2, 0.25) is 0 Å². The minimum atomic E-state index is -0.791. The molecule has 0 saturated carbocycles. The molecule has 0 aliphatic carbocycles. The summed E-state index contributed by atoms with van der Waals surface area (Å²) in [5.41, 5.74) is 2.27. The molecule has 4 heteroatoms. The van der Waals surface area contributed by atoms with E-state index >= 15 is 0 Å². The number of carbonyl (C=O) groups is 1. The van der Waals surface area contributed by atoms with Gasteiger partial charge in [0.1, 0.15) is 12.4 Å². The largest absolute Gasteiger partial charge is 0.492 e. The van der Waals surface area contributed by atoms with Gasteiger partial charge >= 0.3 is 5.97 Å². The Balaban J connectivity index is 2.46. The van der Waals surface area contributed by atoms with Gasteiger partial charge in [0.15, 0.2) is 0 Å². The van der Waals surface area contributed by atoms with Crippen LogP contribution in [0.25, 0.3) is 0 Å². The van der Waals surface area contributed by atoms with Gasteiger partial charge in [-0.15, -0.1) is 0 Å². The van der Waals surface area contributed by atoms with Gasteiger partial charge in [-0.05, 0) is 44.0 Å². The second-order valence-corrected chi connectivity index (χ2v) is 4.79. The molecule has 0 unspecified atom stereocenters. The van der Waals surface area contributed by atoms with Gasteiger partial charge in [-0.1, -0.05) is 19.1 Å². The third kappa shape index (κ3) is 5.75. The van der Waals surface area contributed by atoms with E-state index < -0.39 is 5.97 Å². The lowest BCUT2D eigenvalue weighted by Gasteiger charge is -2.20. The van der Waals surface area contributed by atoms with Gasteiger partial charge in [0, 0.05) is 6.54 Å². The minimum Gasteiger partial charge on any atom is -0.492 e. The maximum atomic E-state index is 10.7. The number of aryl methyl sites for hydroxylation is 2. The minimum absolute atomic E-state index is 0.0734. The van der Waals surface area contributed by atoms with E-state index in [0.29, 0.717) is 13.2 Å². The third-order valence-electron chi connectivity index (χ3n) is 2.91. The summed E-state index contributed by atoms with van der Waals surface area (Å²) in [4.78, 5) is 12.6. The molecule has 1 aromatic rings. The molecule has 1 N–H and O–H groups in total. The molecule has 19 heavy (non-hydrogen) atoms. The van der Waals surface area contributed by atoms with Gasteiger partial charge in [0.05, 0.1) is 6.54 Å². The Labute approximate surface area is 115 Å². The summed E-state index contributed by atoms with van der Waals surface area (Å²) in [5.74, 6) is 0.0898. The first-order valence-corrected chi connectivity index (χ1v) is 6.67. The summed E-state index contributed by atoms with van der Waals surface area (Å²) in [5, 5.41) is 8.82. The Morgan fingerprint density at radius 1 is 1.32 bits per heavy atom. The molecular formula is C15H23NO3. The quantitative estimate of drug-likeness (QED) is 0.784. The lowest BCUT2D eigenvalue weighted by atomic mass is 10.1. The van der Waals surface area contributed by atoms with E-state index in [1.165, 1.54) is 0 Å². The number of nitrogens with zero attached hydrogens (tertiary/aromatic N) is 1. The second kappa shape index (κ2) is 7.79. The number of carboxylic acids is 1. The highest BCUT2D eigenvalue weighted by molar-refractivity contribution is 5.69. The van der Waals surface area contributed by atoms with E-state index in [4.69, 9.17) is 9.84 Å². The number of ether oxygens (including phenoxy) is 1. The highest BCUT2D eigenvalue weighted by Gasteiger charge is 2.09. The topological polar surface area (TPSA) is 49.8 Å². The molecular weight excluding hydrogens is 242 g/mol. The van der Waals surface area contributed by atoms with Gasteiger partial charge in [0.25, 0.3) is 0 Å². The fraction of sp³-hybridized carbons (Fsp3) is 0.533. The van der Waals surface area contributed by atoms with Gasteiger partial charge < -0.3 is 9.84 Å². The number of benzene rings is 1. The fourth-order valence-electron chi connectivity index (χ4n) is 1.92. The van der Waals surface area contributed by atoms with E-state index in [1.54, 1.807) is 0 Å². The lowest BCUT2D eigenvalue weighted by Crippen LogP contribution is -2.34. The molecule has 0 heterocycles. The smallest absolute Gasteiger partial charge is 0.317 e. The SMILES string of the molecule is CCCN(CCOc1cc(C)ccc1C)CC(=O)O. The number of rotatable bonds is 8. The first-order chi connectivity index (χ1) is 9.02. The van der Waals surface area contributed by atoms with E-state index in [0.717, 1.165) is 29.8 Å². The Hall–Kier alpha value is -1.55. The van der Waals surface area contributed by atoms with Crippen molar-refractivity contribution in [3.63, 3.8) is 0 Å². The van der Waals surface area contributed by atoms with Crippen molar-refractivity contribution in [3.05, 3.63) is 29.3 Å². The first kappa shape index (κ1) is 15.5. The molecule has 1 aromatic carbocycles. The monoisotopic (exact) mass is 265 g/mol. The standard InChI is InChI=1S/C15H23NO3/c1-4-7-16(11-15(17)18)8-9-19-14-10-12(2)5-6-13(14)3/h5-6,10H,4,7-9,11H2,1-3H3,(H,17,18). The molecule has 0 aliphatic heterocycles. The van der Waals surface area contributed by atoms with Crippen molar-refractivity contribution < 1.29 is 14.6 Å². The van der Waals surface area contributed by atoms with Crippen molar-refractivity contribution >= 4 is 5.97 Å². The summed E-state index contributed by atoms with van der Waals surface area (Å²) >= 11 is 0. The zero-order valence-electron chi connectivity index (χ0n) is 12.0. The highest BCUT2D eigenvalue weighted by Crippen LogP contribution is 2.18. The van der Waals surface area contributed by atoms with Crippen LogP contribution in [0.4, 0.5) is 0 Å². The number of carboxylic acid groups (broad SMARTS) is 1. The van der Waals surface area contributed by atoms with Crippen LogP contribution in [0.1, 0.15) is 24.5 Å². The molecule has 0 aromatic heterocycles. The molecule has 0 fully saturated rings. The van der Waals surface area contributed by atoms with Crippen LogP contribution in [-0.2, 0) is 4.79 Å². The molecule has 0 amide bonds. The number of hydrogen-bond acceptors (Lipinski definition) is 3. The average Bonchev–Trinajstić information content (AvgIpc) is 2.33. The third-order valence-corrected chi connectivity index (χ3v) is 2.91. The van der Waals surface area contributed by atoms with Crippen molar-refractivity contribution in [2.45, 2.75) is 27.2 Å². The number of aliphatic carboxylic acids is 1. The maximum absolute atomic E-state index is 10.7. The molecule has 0 atom stereocenters. The van der Waals surface area contributed by atoms with Crippen LogP contribution in [0.2, 0.25) is 0 Å². The van der Waals surface area contributed by atoms with Gasteiger partial charge in [-0.3, -0.25) is 9.69 Å². The van der Waals surface area contributed by atoms with E-state index in [1.807, 2.05) is 37.8 Å². The van der Waals surface area contributed by atoms with Crippen LogP contribution >= 0.6 is 0 Å². The molecule has 0 saturated heterocycles. The van der Waals surface area contributed by atoms with E-state index in [-0.39, 0.29) is 6.54 Å². The summed E-state index contributed by atoms with van der Waals surface area (Å²) in [7, 11) is 0. The lowest BCUT2D eigenvalue weighted by molar-refractivity contribution is -0.138. The van der Waals surface area contributed by atoms with E-state index in [9.17, 15) is 4.79 Å². The van der Waals surface area contributed by atoms with Crippen molar-refractivity contribution in [2.75, 3.05) is 26.2 Å². The normalized spacial score (nSPS) is 10.7. The Kier molecular flexibility index (Phi) is 6.36. The Bertz CT molecular complexity index is 418. The van der Waals surface area contributed by atoms with Crippen molar-refractivity contribution in [1.29, 1.82) is 0 Å². The zero-order chi connectivity index (χ0) is 14.3. The molecule has 0 aliphatic rings. The van der Waals surface area contributed by atoms with Crippen molar-refractivity contribution in [3.8, 4) is 5.75 Å². The van der Waals surface area contributed by atoms with Crippen LogP contribution < -0.4 is 4.74 Å². The Morgan fingerprint density at radius 3 is 2.68 bits per heavy atom. The predicted octanol–water partition coefficient (Wildman–Crippen LogP) is 2.48. The maximum Gasteiger partial charge on any atom is 0.317 e. The Morgan fingerprint density at radius 2 is 2.05 bits per heavy atom. The average molecular weight is 265 g/mol. The van der Waals surface area contributed by atoms with Crippen LogP contribution in [0.3, 0.4) is 0 Å². The molecule has 4 nitrogen and oxygen atoms in total. The molecule has 1 rings (SSSR count). The fourth-order valence-corrected chi connectivity index (χ4v) is 1.92. The van der Waals surface area contributed by atoms with Crippen LogP contribution in [0.15, 0.2) is 18.2 Å². The van der Waals surface area contributed by atoms with E-state index in [2.05, 4.69) is 6.07 Å². The molecule has 0 radical (unpaired) electrons. The van der Waals surface area contributed by atoms with Gasteiger partial charge in [-0.2, -0.15) is 0 Å². The molecule has 0 spiro atoms. The summed E-state index contributed by atoms with van der Waals surface area (Å²) < 4.78 is 5.74. The van der Waals surface area contributed by atoms with Gasteiger partial charge in [-0.25, -0.2) is 0 Å². The first-order valence-electron chi connectivity index (χ1n) is 6.67. The van der Waals surface area contributed by atoms with Crippen molar-refractivity contribution in [1.82, 2.24) is 4.90 Å². The second-order valence-electron chi connectivity index (χ2n) is 4.79. The predicted molar refractivity (Wildman–Crippen MR) is 75.8 cm³/mol. The molecule has 0 bridgehead atoms. The zero-order valence-corrected chi connectivity index (χ0v) is 12.0. The summed E-state index contributed by atoms with van der Waals surface area (Å²) in [6, 6.07) is 6.10. The van der Waals surface area contributed by atoms with Crippen LogP contribution in [0, 0.1) is 13.8 Å². The van der Waals surface area contributed by atoms with Crippen LogP contribution in [0.5, 0.6) is 5.75 Å². The van der Waals surface area contributed by atoms with Crippen LogP contribution in [-0.4, -0.2) is 42.2 Å². The van der Waals surface area contributed by atoms with Crippen molar-refractivity contribution in [2.24, 2.45) is 0 Å². The highest BCUT2D eigenvalue weighted by atomic mass is 16.5. The summed E-state index contributed by atoms with van der Waals surface area (Å²) in [6.07, 6.45) is 0.941.